The van der Waals surface area contributed by atoms with E-state index in [1.807, 2.05) is 13.0 Å². The van der Waals surface area contributed by atoms with E-state index in [0.717, 1.165) is 36.7 Å². The highest BCUT2D eigenvalue weighted by Crippen LogP contribution is 2.26. The molecule has 1 N–H and O–H groups in total. The molecule has 0 radical (unpaired) electrons. The number of piperidine rings is 1. The lowest BCUT2D eigenvalue weighted by molar-refractivity contribution is -0.136. The summed E-state index contributed by atoms with van der Waals surface area (Å²) in [6.45, 7) is 8.54. The lowest BCUT2D eigenvalue weighted by atomic mass is 9.96. The fraction of sp³-hybridized carbons (Fsp3) is 0.688. The van der Waals surface area contributed by atoms with Crippen LogP contribution in [0.4, 0.5) is 0 Å². The minimum Gasteiger partial charge on any atom is -0.481 e. The Bertz CT molecular complexity index is 502. The van der Waals surface area contributed by atoms with Crippen LogP contribution < -0.4 is 0 Å². The zero-order valence-electron chi connectivity index (χ0n) is 13.2. The molecule has 0 spiro atoms. The fourth-order valence-electron chi connectivity index (χ4n) is 2.89. The van der Waals surface area contributed by atoms with E-state index in [0.29, 0.717) is 18.4 Å². The third-order valence-corrected chi connectivity index (χ3v) is 4.07. The second-order valence-corrected chi connectivity index (χ2v) is 6.18. The van der Waals surface area contributed by atoms with E-state index >= 15 is 0 Å². The molecule has 21 heavy (non-hydrogen) atoms. The van der Waals surface area contributed by atoms with E-state index in [-0.39, 0.29) is 6.42 Å². The number of carboxylic acids is 1. The summed E-state index contributed by atoms with van der Waals surface area (Å²) in [7, 11) is 0. The molecular formula is C16H25N3O2. The number of nitrogens with zero attached hydrogens (tertiary/aromatic N) is 3. The first-order valence-electron chi connectivity index (χ1n) is 7.76. The fourth-order valence-corrected chi connectivity index (χ4v) is 2.89. The van der Waals surface area contributed by atoms with Crippen LogP contribution in [0.3, 0.4) is 0 Å². The van der Waals surface area contributed by atoms with Crippen molar-refractivity contribution in [3.63, 3.8) is 0 Å². The predicted molar refractivity (Wildman–Crippen MR) is 81.4 cm³/mol. The number of aliphatic carboxylic acids is 1. The average Bonchev–Trinajstić information content (AvgIpc) is 2.44. The molecule has 5 nitrogen and oxygen atoms in total. The number of hydrogen-bond acceptors (Lipinski definition) is 4. The number of carboxylic acid groups (broad SMARTS) is 1. The van der Waals surface area contributed by atoms with Crippen molar-refractivity contribution in [2.45, 2.75) is 58.4 Å². The first-order valence-corrected chi connectivity index (χ1v) is 7.76. The van der Waals surface area contributed by atoms with E-state index in [1.54, 1.807) is 0 Å². The van der Waals surface area contributed by atoms with E-state index < -0.39 is 5.97 Å². The van der Waals surface area contributed by atoms with Crippen LogP contribution in [0.2, 0.25) is 0 Å². The molecule has 0 bridgehead atoms. The van der Waals surface area contributed by atoms with Gasteiger partial charge >= 0.3 is 5.97 Å². The van der Waals surface area contributed by atoms with Gasteiger partial charge in [-0.15, -0.1) is 0 Å². The van der Waals surface area contributed by atoms with Crippen LogP contribution in [-0.4, -0.2) is 45.1 Å². The Hall–Kier alpha value is -1.49. The molecule has 1 saturated heterocycles. The topological polar surface area (TPSA) is 66.3 Å². The summed E-state index contributed by atoms with van der Waals surface area (Å²) in [5.41, 5.74) is 1.78. The van der Waals surface area contributed by atoms with E-state index in [2.05, 4.69) is 28.7 Å². The Morgan fingerprint density at radius 1 is 1.48 bits per heavy atom. The van der Waals surface area contributed by atoms with Crippen molar-refractivity contribution in [1.29, 1.82) is 0 Å². The van der Waals surface area contributed by atoms with Crippen LogP contribution in [0, 0.1) is 6.92 Å². The summed E-state index contributed by atoms with van der Waals surface area (Å²) in [5, 5.41) is 8.81. The molecule has 1 aliphatic heterocycles. The van der Waals surface area contributed by atoms with Crippen LogP contribution in [-0.2, 0) is 11.2 Å². The van der Waals surface area contributed by atoms with Gasteiger partial charge in [0.05, 0.1) is 6.42 Å². The van der Waals surface area contributed by atoms with Crippen molar-refractivity contribution in [2.24, 2.45) is 0 Å². The van der Waals surface area contributed by atoms with Crippen molar-refractivity contribution in [1.82, 2.24) is 14.9 Å². The van der Waals surface area contributed by atoms with Crippen molar-refractivity contribution in [2.75, 3.05) is 13.1 Å². The van der Waals surface area contributed by atoms with Gasteiger partial charge in [0, 0.05) is 36.3 Å². The van der Waals surface area contributed by atoms with Gasteiger partial charge in [0.25, 0.3) is 0 Å². The number of rotatable bonds is 5. The quantitative estimate of drug-likeness (QED) is 0.902. The molecule has 1 atom stereocenters. The van der Waals surface area contributed by atoms with Crippen molar-refractivity contribution in [3.8, 4) is 0 Å². The molecule has 0 amide bonds. The molecular weight excluding hydrogens is 266 g/mol. The molecule has 2 heterocycles. The molecule has 1 fully saturated rings. The average molecular weight is 291 g/mol. The van der Waals surface area contributed by atoms with Gasteiger partial charge in [-0.2, -0.15) is 0 Å². The van der Waals surface area contributed by atoms with Gasteiger partial charge in [0.15, 0.2) is 0 Å². The zero-order valence-corrected chi connectivity index (χ0v) is 13.2. The van der Waals surface area contributed by atoms with Gasteiger partial charge in [-0.25, -0.2) is 9.97 Å². The number of likely N-dealkylation sites (tertiary alicyclic amines) is 1. The maximum Gasteiger partial charge on any atom is 0.303 e. The molecule has 0 aromatic carbocycles. The summed E-state index contributed by atoms with van der Waals surface area (Å²) >= 11 is 0. The summed E-state index contributed by atoms with van der Waals surface area (Å²) in [6.07, 6.45) is 2.89. The Kier molecular flexibility index (Phi) is 5.28. The largest absolute Gasteiger partial charge is 0.481 e. The Morgan fingerprint density at radius 2 is 2.24 bits per heavy atom. The SMILES string of the molecule is Cc1cc(CCC(=O)O)nc(C2CCCN(C(C)C)C2)n1. The van der Waals surface area contributed by atoms with Crippen LogP contribution >= 0.6 is 0 Å². The number of hydrogen-bond donors (Lipinski definition) is 1. The molecule has 1 unspecified atom stereocenters. The number of carbonyl (C=O) groups is 1. The molecule has 0 saturated carbocycles. The van der Waals surface area contributed by atoms with Gasteiger partial charge in [0.1, 0.15) is 5.82 Å². The highest BCUT2D eigenvalue weighted by atomic mass is 16.4. The smallest absolute Gasteiger partial charge is 0.303 e. The lowest BCUT2D eigenvalue weighted by Gasteiger charge is -2.34. The van der Waals surface area contributed by atoms with Crippen LogP contribution in [0.25, 0.3) is 0 Å². The maximum atomic E-state index is 10.7. The highest BCUT2D eigenvalue weighted by molar-refractivity contribution is 5.66. The normalized spacial score (nSPS) is 19.9. The first-order chi connectivity index (χ1) is 9.95. The van der Waals surface area contributed by atoms with E-state index in [4.69, 9.17) is 5.11 Å². The van der Waals surface area contributed by atoms with Gasteiger partial charge in [0.2, 0.25) is 0 Å². The first kappa shape index (κ1) is 15.9. The van der Waals surface area contributed by atoms with Crippen molar-refractivity contribution >= 4 is 5.97 Å². The Balaban J connectivity index is 2.13. The van der Waals surface area contributed by atoms with Crippen LogP contribution in [0.1, 0.15) is 56.2 Å². The molecule has 1 aromatic heterocycles. The van der Waals surface area contributed by atoms with Crippen LogP contribution in [0.15, 0.2) is 6.07 Å². The minimum atomic E-state index is -0.781. The van der Waals surface area contributed by atoms with E-state index in [1.165, 1.54) is 6.42 Å². The lowest BCUT2D eigenvalue weighted by Crippen LogP contribution is -2.39. The maximum absolute atomic E-state index is 10.7. The summed E-state index contributed by atoms with van der Waals surface area (Å²) in [5.74, 6) is 0.474. The highest BCUT2D eigenvalue weighted by Gasteiger charge is 2.25. The van der Waals surface area contributed by atoms with Crippen molar-refractivity contribution < 1.29 is 9.90 Å². The predicted octanol–water partition coefficient (Wildman–Crippen LogP) is 2.39. The summed E-state index contributed by atoms with van der Waals surface area (Å²) < 4.78 is 0. The zero-order chi connectivity index (χ0) is 15.4. The van der Waals surface area contributed by atoms with E-state index in [9.17, 15) is 4.79 Å². The third kappa shape index (κ3) is 4.49. The molecule has 2 rings (SSSR count). The van der Waals surface area contributed by atoms with Crippen molar-refractivity contribution in [3.05, 3.63) is 23.3 Å². The minimum absolute atomic E-state index is 0.124. The third-order valence-electron chi connectivity index (χ3n) is 4.07. The number of aryl methyl sites for hydroxylation is 2. The van der Waals surface area contributed by atoms with Gasteiger partial charge in [-0.05, 0) is 46.2 Å². The number of aromatic nitrogens is 2. The van der Waals surface area contributed by atoms with Gasteiger partial charge < -0.3 is 10.0 Å². The Labute approximate surface area is 126 Å². The molecule has 116 valence electrons. The monoisotopic (exact) mass is 291 g/mol. The summed E-state index contributed by atoms with van der Waals surface area (Å²) in [4.78, 5) is 22.4. The second kappa shape index (κ2) is 6.98. The molecule has 0 aliphatic carbocycles. The standard InChI is InChI=1S/C16H25N3O2/c1-11(2)19-8-4-5-13(10-19)16-17-12(3)9-14(18-16)6-7-15(20)21/h9,11,13H,4-8,10H2,1-3H3,(H,20,21). The van der Waals surface area contributed by atoms with Gasteiger partial charge in [-0.1, -0.05) is 0 Å². The Morgan fingerprint density at radius 3 is 2.90 bits per heavy atom. The summed E-state index contributed by atoms with van der Waals surface area (Å²) in [6, 6.07) is 2.44. The molecule has 5 heteroatoms. The van der Waals surface area contributed by atoms with Crippen LogP contribution in [0.5, 0.6) is 0 Å². The van der Waals surface area contributed by atoms with Gasteiger partial charge in [-0.3, -0.25) is 4.79 Å². The molecule has 1 aliphatic rings. The second-order valence-electron chi connectivity index (χ2n) is 6.18. The molecule has 1 aromatic rings.